The summed E-state index contributed by atoms with van der Waals surface area (Å²) in [5.74, 6) is 0.716. The Morgan fingerprint density at radius 3 is 2.20 bits per heavy atom. The van der Waals surface area contributed by atoms with E-state index < -0.39 is 8.56 Å². The van der Waals surface area contributed by atoms with Crippen molar-refractivity contribution in [3.05, 3.63) is 0 Å². The predicted molar refractivity (Wildman–Crippen MR) is 66.8 cm³/mol. The fourth-order valence-corrected chi connectivity index (χ4v) is 6.65. The van der Waals surface area contributed by atoms with E-state index in [4.69, 9.17) is 20.5 Å². The second-order valence-corrected chi connectivity index (χ2v) is 8.48. The van der Waals surface area contributed by atoms with Gasteiger partial charge in [-0.3, -0.25) is 0 Å². The van der Waals surface area contributed by atoms with Crippen LogP contribution < -0.4 is 0 Å². The maximum absolute atomic E-state index is 5.79. The monoisotopic (exact) mass is 250 g/mol. The van der Waals surface area contributed by atoms with E-state index >= 15 is 0 Å². The van der Waals surface area contributed by atoms with E-state index in [0.717, 1.165) is 12.5 Å². The minimum absolute atomic E-state index is 0.685. The van der Waals surface area contributed by atoms with E-state index in [1.54, 1.807) is 0 Å². The van der Waals surface area contributed by atoms with Crippen LogP contribution in [0, 0.1) is 0 Å². The molecule has 90 valence electrons. The molecule has 0 aromatic heterocycles. The summed E-state index contributed by atoms with van der Waals surface area (Å²) < 4.78 is 11.6. The van der Waals surface area contributed by atoms with Gasteiger partial charge < -0.3 is 8.85 Å². The van der Waals surface area contributed by atoms with Gasteiger partial charge in [0.2, 0.25) is 0 Å². The van der Waals surface area contributed by atoms with Gasteiger partial charge in [0, 0.05) is 25.6 Å². The standard InChI is InChI=1S/C11H23ClO2Si/c1-13-15(14-2,10-6-9-12)11-7-4-3-5-8-11/h11H,3-10H2,1-2H3. The molecule has 1 aliphatic carbocycles. The van der Waals surface area contributed by atoms with E-state index in [1.165, 1.54) is 32.1 Å². The van der Waals surface area contributed by atoms with Crippen molar-refractivity contribution in [2.45, 2.75) is 50.1 Å². The lowest BCUT2D eigenvalue weighted by atomic mass is 10.0. The SMILES string of the molecule is CO[Si](CCCCl)(OC)C1CCCCC1. The number of hydrogen-bond acceptors (Lipinski definition) is 2. The molecule has 0 radical (unpaired) electrons. The third-order valence-electron chi connectivity index (χ3n) is 3.58. The molecule has 0 aromatic rings. The molecule has 1 aliphatic rings. The van der Waals surface area contributed by atoms with E-state index in [9.17, 15) is 0 Å². The number of halogens is 1. The molecule has 0 bridgehead atoms. The van der Waals surface area contributed by atoms with Gasteiger partial charge in [-0.15, -0.1) is 11.6 Å². The highest BCUT2D eigenvalue weighted by Gasteiger charge is 2.43. The number of hydrogen-bond donors (Lipinski definition) is 0. The number of alkyl halides is 1. The maximum atomic E-state index is 5.79. The molecule has 0 unspecified atom stereocenters. The van der Waals surface area contributed by atoms with Crippen molar-refractivity contribution >= 4 is 20.2 Å². The van der Waals surface area contributed by atoms with Gasteiger partial charge in [0.25, 0.3) is 0 Å². The van der Waals surface area contributed by atoms with Gasteiger partial charge in [-0.05, 0) is 25.3 Å². The second kappa shape index (κ2) is 6.89. The summed E-state index contributed by atoms with van der Waals surface area (Å²) in [6, 6.07) is 1.05. The lowest BCUT2D eigenvalue weighted by Crippen LogP contribution is -2.45. The Kier molecular flexibility index (Phi) is 6.20. The van der Waals surface area contributed by atoms with Crippen LogP contribution in [0.1, 0.15) is 38.5 Å². The van der Waals surface area contributed by atoms with Crippen LogP contribution in [0.5, 0.6) is 0 Å². The Morgan fingerprint density at radius 1 is 1.13 bits per heavy atom. The summed E-state index contributed by atoms with van der Waals surface area (Å²) in [7, 11) is 1.69. The zero-order valence-corrected chi connectivity index (χ0v) is 11.7. The smallest absolute Gasteiger partial charge is 0.340 e. The lowest BCUT2D eigenvalue weighted by molar-refractivity contribution is 0.216. The van der Waals surface area contributed by atoms with Crippen LogP contribution in [0.4, 0.5) is 0 Å². The van der Waals surface area contributed by atoms with Crippen LogP contribution in [-0.4, -0.2) is 28.7 Å². The van der Waals surface area contributed by atoms with Gasteiger partial charge in [-0.1, -0.05) is 19.3 Å². The van der Waals surface area contributed by atoms with Crippen molar-refractivity contribution in [1.29, 1.82) is 0 Å². The van der Waals surface area contributed by atoms with Crippen LogP contribution in [0.25, 0.3) is 0 Å². The van der Waals surface area contributed by atoms with Gasteiger partial charge in [-0.25, -0.2) is 0 Å². The number of rotatable bonds is 6. The van der Waals surface area contributed by atoms with Gasteiger partial charge >= 0.3 is 8.56 Å². The van der Waals surface area contributed by atoms with Gasteiger partial charge in [0.05, 0.1) is 0 Å². The molecule has 0 aromatic carbocycles. The molecule has 0 saturated heterocycles. The first-order valence-corrected chi connectivity index (χ1v) is 8.59. The Hall–Kier alpha value is 0.427. The van der Waals surface area contributed by atoms with E-state index in [0.29, 0.717) is 11.4 Å². The molecule has 1 saturated carbocycles. The van der Waals surface area contributed by atoms with E-state index in [1.807, 2.05) is 14.2 Å². The molecule has 4 heteroatoms. The molecule has 15 heavy (non-hydrogen) atoms. The quantitative estimate of drug-likeness (QED) is 0.529. The molecule has 1 rings (SSSR count). The highest BCUT2D eigenvalue weighted by molar-refractivity contribution is 6.69. The summed E-state index contributed by atoms with van der Waals surface area (Å²) in [5.41, 5.74) is 0.685. The lowest BCUT2D eigenvalue weighted by Gasteiger charge is -2.37. The molecular formula is C11H23ClO2Si. The fourth-order valence-electron chi connectivity index (χ4n) is 2.68. The van der Waals surface area contributed by atoms with Gasteiger partial charge in [0.15, 0.2) is 0 Å². The average molecular weight is 251 g/mol. The van der Waals surface area contributed by atoms with Gasteiger partial charge in [0.1, 0.15) is 0 Å². The third-order valence-corrected chi connectivity index (χ3v) is 8.10. The molecular weight excluding hydrogens is 228 g/mol. The first-order chi connectivity index (χ1) is 7.29. The fraction of sp³-hybridized carbons (Fsp3) is 1.00. The summed E-state index contributed by atoms with van der Waals surface area (Å²) in [6.45, 7) is 0. The molecule has 0 heterocycles. The molecule has 0 N–H and O–H groups in total. The summed E-state index contributed by atoms with van der Waals surface area (Å²) in [5, 5.41) is 0. The Balaban J connectivity index is 2.59. The van der Waals surface area contributed by atoms with Crippen LogP contribution in [0.3, 0.4) is 0 Å². The highest BCUT2D eigenvalue weighted by Crippen LogP contribution is 2.40. The zero-order valence-electron chi connectivity index (χ0n) is 9.93. The molecule has 0 amide bonds. The molecule has 2 nitrogen and oxygen atoms in total. The van der Waals surface area contributed by atoms with Crippen molar-refractivity contribution in [2.75, 3.05) is 20.1 Å². The first-order valence-electron chi connectivity index (χ1n) is 5.95. The largest absolute Gasteiger partial charge is 0.397 e. The highest BCUT2D eigenvalue weighted by atomic mass is 35.5. The Morgan fingerprint density at radius 2 is 1.73 bits per heavy atom. The van der Waals surface area contributed by atoms with Crippen molar-refractivity contribution in [3.8, 4) is 0 Å². The molecule has 0 aliphatic heterocycles. The normalized spacial score (nSPS) is 19.4. The second-order valence-electron chi connectivity index (χ2n) is 4.35. The van der Waals surface area contributed by atoms with Crippen LogP contribution in [0.2, 0.25) is 11.6 Å². The summed E-state index contributed by atoms with van der Waals surface area (Å²) >= 11 is 5.77. The average Bonchev–Trinajstić information content (AvgIpc) is 2.33. The predicted octanol–water partition coefficient (Wildman–Crippen LogP) is 3.68. The van der Waals surface area contributed by atoms with Crippen molar-refractivity contribution in [2.24, 2.45) is 0 Å². The molecule has 0 atom stereocenters. The maximum Gasteiger partial charge on any atom is 0.340 e. The molecule has 0 spiro atoms. The van der Waals surface area contributed by atoms with Gasteiger partial charge in [-0.2, -0.15) is 0 Å². The van der Waals surface area contributed by atoms with Crippen molar-refractivity contribution < 1.29 is 8.85 Å². The Bertz CT molecular complexity index is 168. The van der Waals surface area contributed by atoms with Crippen LogP contribution in [-0.2, 0) is 8.85 Å². The first kappa shape index (κ1) is 13.5. The summed E-state index contributed by atoms with van der Waals surface area (Å²) in [6.07, 6.45) is 7.66. The van der Waals surface area contributed by atoms with Crippen molar-refractivity contribution in [1.82, 2.24) is 0 Å². The zero-order chi connectivity index (χ0) is 11.1. The Labute approximate surface area is 99.5 Å². The van der Waals surface area contributed by atoms with E-state index in [2.05, 4.69) is 0 Å². The minimum atomic E-state index is -1.95. The van der Waals surface area contributed by atoms with Crippen LogP contribution in [0.15, 0.2) is 0 Å². The summed E-state index contributed by atoms with van der Waals surface area (Å²) in [4.78, 5) is 0. The molecule has 1 fully saturated rings. The topological polar surface area (TPSA) is 18.5 Å². The minimum Gasteiger partial charge on any atom is -0.397 e. The third kappa shape index (κ3) is 3.45. The van der Waals surface area contributed by atoms with E-state index in [-0.39, 0.29) is 0 Å². The van der Waals surface area contributed by atoms with Crippen LogP contribution >= 0.6 is 11.6 Å². The van der Waals surface area contributed by atoms with Crippen molar-refractivity contribution in [3.63, 3.8) is 0 Å².